The smallest absolute Gasteiger partial charge is 0.100 e. The third kappa shape index (κ3) is 3.73. The molecule has 0 saturated heterocycles. The Labute approximate surface area is 270 Å². The van der Waals surface area contributed by atoms with Gasteiger partial charge in [-0.2, -0.15) is 10.5 Å². The summed E-state index contributed by atoms with van der Waals surface area (Å²) in [5.41, 5.74) is 8.62. The second-order valence-corrected chi connectivity index (χ2v) is 13.4. The van der Waals surface area contributed by atoms with Gasteiger partial charge >= 0.3 is 0 Å². The van der Waals surface area contributed by atoms with Gasteiger partial charge in [0, 0.05) is 36.3 Å². The Kier molecular flexibility index (Phi) is 5.88. The SMILES string of the molecule is CC1C=Cc2c(c(-c3cccc4sc5cc(-c6c7ccccc7c(C#N)c7ccccc67)ccc5c34)c3ccccc3c2C#N)C1. The van der Waals surface area contributed by atoms with Crippen molar-refractivity contribution in [1.29, 1.82) is 10.5 Å². The van der Waals surface area contributed by atoms with Crippen molar-refractivity contribution in [2.24, 2.45) is 5.92 Å². The summed E-state index contributed by atoms with van der Waals surface area (Å²) in [7, 11) is 0. The minimum absolute atomic E-state index is 0.400. The average molecular weight is 603 g/mol. The molecular formula is C43H26N2S. The van der Waals surface area contributed by atoms with Crippen molar-refractivity contribution < 1.29 is 0 Å². The molecule has 0 spiro atoms. The molecule has 3 heteroatoms. The van der Waals surface area contributed by atoms with Crippen LogP contribution in [0, 0.1) is 28.6 Å². The van der Waals surface area contributed by atoms with Crippen LogP contribution in [0.1, 0.15) is 29.2 Å². The van der Waals surface area contributed by atoms with Crippen LogP contribution in [0.25, 0.3) is 80.8 Å². The van der Waals surface area contributed by atoms with E-state index in [9.17, 15) is 10.5 Å². The first-order valence-corrected chi connectivity index (χ1v) is 16.4. The van der Waals surface area contributed by atoms with Crippen LogP contribution in [-0.2, 0) is 6.42 Å². The molecule has 0 aliphatic heterocycles. The molecule has 1 atom stereocenters. The number of thiophene rings is 1. The van der Waals surface area contributed by atoms with E-state index in [2.05, 4.69) is 122 Å². The van der Waals surface area contributed by atoms with Crippen molar-refractivity contribution in [3.63, 3.8) is 0 Å². The Morgan fingerprint density at radius 3 is 1.87 bits per heavy atom. The molecule has 1 aromatic heterocycles. The van der Waals surface area contributed by atoms with E-state index in [1.54, 1.807) is 0 Å². The quantitative estimate of drug-likeness (QED) is 0.185. The van der Waals surface area contributed by atoms with Gasteiger partial charge in [-0.3, -0.25) is 0 Å². The van der Waals surface area contributed by atoms with Crippen LogP contribution in [0.4, 0.5) is 0 Å². The van der Waals surface area contributed by atoms with Crippen molar-refractivity contribution in [3.05, 3.63) is 138 Å². The average Bonchev–Trinajstić information content (AvgIpc) is 3.47. The standard InChI is InChI=1S/C43H26N2S/c1-25-17-19-30-36(21-25)42(33-14-7-4-11-29(33)38(30)24-45)35-15-8-16-39-43(35)34-20-18-26(22-40(34)46-39)41-31-12-5-2-9-27(31)37(23-44)28-10-3-6-13-32(28)41/h2-20,22,25H,21H2,1H3. The second kappa shape index (κ2) is 10.1. The molecule has 1 unspecified atom stereocenters. The number of fused-ring (bicyclic) bond motifs is 7. The molecule has 2 nitrogen and oxygen atoms in total. The number of hydrogen-bond acceptors (Lipinski definition) is 3. The van der Waals surface area contributed by atoms with Gasteiger partial charge in [0.15, 0.2) is 0 Å². The zero-order chi connectivity index (χ0) is 30.9. The number of hydrogen-bond donors (Lipinski definition) is 0. The van der Waals surface area contributed by atoms with Gasteiger partial charge in [0.05, 0.1) is 11.1 Å². The number of rotatable bonds is 2. The van der Waals surface area contributed by atoms with Gasteiger partial charge in [0.25, 0.3) is 0 Å². The van der Waals surface area contributed by atoms with Gasteiger partial charge in [-0.15, -0.1) is 11.3 Å². The zero-order valence-electron chi connectivity index (χ0n) is 25.1. The number of benzene rings is 7. The van der Waals surface area contributed by atoms with E-state index >= 15 is 0 Å². The molecule has 9 rings (SSSR count). The lowest BCUT2D eigenvalue weighted by atomic mass is 9.79. The van der Waals surface area contributed by atoms with E-state index < -0.39 is 0 Å². The van der Waals surface area contributed by atoms with E-state index in [0.29, 0.717) is 5.92 Å². The highest BCUT2D eigenvalue weighted by molar-refractivity contribution is 7.26. The van der Waals surface area contributed by atoms with Crippen molar-refractivity contribution in [2.75, 3.05) is 0 Å². The summed E-state index contributed by atoms with van der Waals surface area (Å²) >= 11 is 1.83. The lowest BCUT2D eigenvalue weighted by Crippen LogP contribution is -2.08. The lowest BCUT2D eigenvalue weighted by Gasteiger charge is -2.24. The summed E-state index contributed by atoms with van der Waals surface area (Å²) in [5.74, 6) is 0.400. The topological polar surface area (TPSA) is 47.6 Å². The molecule has 8 aromatic rings. The summed E-state index contributed by atoms with van der Waals surface area (Å²) in [5, 5.41) is 29.2. The summed E-state index contributed by atoms with van der Waals surface area (Å²) in [4.78, 5) is 0. The maximum Gasteiger partial charge on any atom is 0.100 e. The predicted molar refractivity (Wildman–Crippen MR) is 194 cm³/mol. The van der Waals surface area contributed by atoms with Crippen LogP contribution in [0.15, 0.2) is 115 Å². The fourth-order valence-electron chi connectivity index (χ4n) is 7.74. The molecule has 0 amide bonds. The highest BCUT2D eigenvalue weighted by Gasteiger charge is 2.25. The van der Waals surface area contributed by atoms with Crippen LogP contribution < -0.4 is 0 Å². The number of nitrogens with zero attached hydrogens (tertiary/aromatic N) is 2. The van der Waals surface area contributed by atoms with E-state index in [1.807, 2.05) is 29.5 Å². The van der Waals surface area contributed by atoms with Crippen molar-refractivity contribution in [2.45, 2.75) is 13.3 Å². The van der Waals surface area contributed by atoms with Gasteiger partial charge in [0.2, 0.25) is 0 Å². The van der Waals surface area contributed by atoms with Crippen molar-refractivity contribution in [1.82, 2.24) is 0 Å². The third-order valence-corrected chi connectivity index (χ3v) is 10.8. The molecule has 1 aliphatic carbocycles. The monoisotopic (exact) mass is 602 g/mol. The fourth-order valence-corrected chi connectivity index (χ4v) is 8.91. The highest BCUT2D eigenvalue weighted by Crippen LogP contribution is 2.48. The predicted octanol–water partition coefficient (Wildman–Crippen LogP) is 11.8. The Bertz CT molecular complexity index is 2660. The van der Waals surface area contributed by atoms with Gasteiger partial charge < -0.3 is 0 Å². The molecule has 0 fully saturated rings. The Morgan fingerprint density at radius 2 is 1.22 bits per heavy atom. The molecule has 214 valence electrons. The third-order valence-electron chi connectivity index (χ3n) is 9.69. The van der Waals surface area contributed by atoms with E-state index in [1.165, 1.54) is 36.9 Å². The van der Waals surface area contributed by atoms with E-state index in [0.717, 1.165) is 66.6 Å². The zero-order valence-corrected chi connectivity index (χ0v) is 26.0. The summed E-state index contributed by atoms with van der Waals surface area (Å²) in [6.07, 6.45) is 5.31. The van der Waals surface area contributed by atoms with Crippen molar-refractivity contribution in [3.8, 4) is 34.4 Å². The fraction of sp³-hybridized carbons (Fsp3) is 0.0698. The summed E-state index contributed by atoms with van der Waals surface area (Å²) < 4.78 is 2.48. The van der Waals surface area contributed by atoms with E-state index in [-0.39, 0.29) is 0 Å². The first-order chi connectivity index (χ1) is 22.7. The van der Waals surface area contributed by atoms with Crippen LogP contribution in [0.3, 0.4) is 0 Å². The van der Waals surface area contributed by atoms with Crippen LogP contribution in [-0.4, -0.2) is 0 Å². The largest absolute Gasteiger partial charge is 0.192 e. The molecule has 0 saturated carbocycles. The molecular weight excluding hydrogens is 577 g/mol. The molecule has 0 N–H and O–H groups in total. The first kappa shape index (κ1) is 26.6. The molecule has 1 aliphatic rings. The van der Waals surface area contributed by atoms with Gasteiger partial charge in [-0.25, -0.2) is 0 Å². The van der Waals surface area contributed by atoms with Crippen LogP contribution >= 0.6 is 11.3 Å². The highest BCUT2D eigenvalue weighted by atomic mass is 32.1. The van der Waals surface area contributed by atoms with Gasteiger partial charge in [0.1, 0.15) is 12.1 Å². The maximum atomic E-state index is 10.3. The molecule has 1 heterocycles. The Balaban J connectivity index is 1.35. The van der Waals surface area contributed by atoms with Crippen LogP contribution in [0.5, 0.6) is 0 Å². The molecule has 7 aromatic carbocycles. The molecule has 0 radical (unpaired) electrons. The second-order valence-electron chi connectivity index (χ2n) is 12.3. The van der Waals surface area contributed by atoms with E-state index in [4.69, 9.17) is 0 Å². The van der Waals surface area contributed by atoms with Crippen LogP contribution in [0.2, 0.25) is 0 Å². The minimum atomic E-state index is 0.400. The number of nitriles is 2. The first-order valence-electron chi connectivity index (χ1n) is 15.6. The summed E-state index contributed by atoms with van der Waals surface area (Å²) in [6, 6.07) is 43.5. The van der Waals surface area contributed by atoms with Crippen molar-refractivity contribution >= 4 is 69.9 Å². The van der Waals surface area contributed by atoms with Gasteiger partial charge in [-0.1, -0.05) is 116 Å². The minimum Gasteiger partial charge on any atom is -0.192 e. The normalized spacial score (nSPS) is 14.2. The maximum absolute atomic E-state index is 10.3. The number of allylic oxidation sites excluding steroid dienone is 1. The Morgan fingerprint density at radius 1 is 0.609 bits per heavy atom. The summed E-state index contributed by atoms with van der Waals surface area (Å²) in [6.45, 7) is 2.25. The van der Waals surface area contributed by atoms with Gasteiger partial charge in [-0.05, 0) is 74.0 Å². The lowest BCUT2D eigenvalue weighted by molar-refractivity contribution is 0.719. The Hall–Kier alpha value is -5.74. The molecule has 46 heavy (non-hydrogen) atoms. The molecule has 0 bridgehead atoms.